The molecule has 0 aliphatic rings. The van der Waals surface area contributed by atoms with Gasteiger partial charge < -0.3 is 16.6 Å². The van der Waals surface area contributed by atoms with Gasteiger partial charge in [-0.25, -0.2) is 21.9 Å². The van der Waals surface area contributed by atoms with Gasteiger partial charge in [0, 0.05) is 25.0 Å². The Morgan fingerprint density at radius 2 is 1.71 bits per heavy atom. The SMILES string of the molecule is NC(Cc1cc(F)ccc1F)CS(=O)(=O)NCCCCCC(=O)C(O)C(N)Cc1ccccc1. The number of aliphatic hydroxyl groups is 1. The van der Waals surface area contributed by atoms with Crippen molar-refractivity contribution in [3.8, 4) is 0 Å². The largest absolute Gasteiger partial charge is 0.384 e. The highest BCUT2D eigenvalue weighted by molar-refractivity contribution is 7.89. The maximum absolute atomic E-state index is 13.7. The molecule has 0 spiro atoms. The van der Waals surface area contributed by atoms with Gasteiger partial charge in [-0.2, -0.15) is 0 Å². The number of unbranched alkanes of at least 4 members (excludes halogenated alkanes) is 2. The number of Topliss-reactive ketones (excluding diaryl/α,β-unsaturated/α-hetero) is 1. The van der Waals surface area contributed by atoms with Gasteiger partial charge in [-0.05, 0) is 55.0 Å². The molecule has 0 fully saturated rings. The van der Waals surface area contributed by atoms with Gasteiger partial charge in [-0.15, -0.1) is 0 Å². The molecule has 0 bridgehead atoms. The Kier molecular flexibility index (Phi) is 11.2. The summed E-state index contributed by atoms with van der Waals surface area (Å²) in [6.07, 6.45) is 0.754. The van der Waals surface area contributed by atoms with Crippen molar-refractivity contribution >= 4 is 15.8 Å². The lowest BCUT2D eigenvalue weighted by atomic mass is 9.97. The van der Waals surface area contributed by atoms with Crippen LogP contribution in [0.15, 0.2) is 48.5 Å². The number of nitrogens with two attached hydrogens (primary N) is 2. The molecule has 2 aromatic rings. The van der Waals surface area contributed by atoms with E-state index in [4.69, 9.17) is 11.5 Å². The maximum Gasteiger partial charge on any atom is 0.213 e. The Morgan fingerprint density at radius 3 is 2.41 bits per heavy atom. The van der Waals surface area contributed by atoms with Crippen molar-refractivity contribution in [2.24, 2.45) is 11.5 Å². The van der Waals surface area contributed by atoms with Gasteiger partial charge in [0.15, 0.2) is 5.78 Å². The molecule has 0 amide bonds. The summed E-state index contributed by atoms with van der Waals surface area (Å²) < 4.78 is 53.7. The number of hydrogen-bond donors (Lipinski definition) is 4. The molecule has 0 radical (unpaired) electrons. The van der Waals surface area contributed by atoms with E-state index < -0.39 is 45.6 Å². The molecule has 0 aromatic heterocycles. The molecular formula is C24H33F2N3O4S. The molecule has 2 rings (SSSR count). The van der Waals surface area contributed by atoms with Crippen LogP contribution in [0.4, 0.5) is 8.78 Å². The van der Waals surface area contributed by atoms with Crippen molar-refractivity contribution < 1.29 is 27.1 Å². The predicted octanol–water partition coefficient (Wildman–Crippen LogP) is 1.81. The third-order valence-corrected chi connectivity index (χ3v) is 6.91. The van der Waals surface area contributed by atoms with E-state index in [-0.39, 0.29) is 30.7 Å². The molecule has 3 atom stereocenters. The molecule has 34 heavy (non-hydrogen) atoms. The van der Waals surface area contributed by atoms with E-state index in [1.54, 1.807) is 0 Å². The number of aliphatic hydroxyl groups excluding tert-OH is 1. The van der Waals surface area contributed by atoms with Crippen molar-refractivity contribution in [2.45, 2.75) is 56.7 Å². The third kappa shape index (κ3) is 9.94. The van der Waals surface area contributed by atoms with Crippen LogP contribution < -0.4 is 16.2 Å². The zero-order chi connectivity index (χ0) is 25.1. The van der Waals surface area contributed by atoms with Crippen LogP contribution in [-0.4, -0.2) is 49.8 Å². The minimum Gasteiger partial charge on any atom is -0.384 e. The number of carbonyl (C=O) groups excluding carboxylic acids is 1. The van der Waals surface area contributed by atoms with Gasteiger partial charge in [0.1, 0.15) is 17.7 Å². The fraction of sp³-hybridized carbons (Fsp3) is 0.458. The quantitative estimate of drug-likeness (QED) is 0.277. The van der Waals surface area contributed by atoms with Crippen LogP contribution >= 0.6 is 0 Å². The van der Waals surface area contributed by atoms with Crippen molar-refractivity contribution in [3.05, 3.63) is 71.3 Å². The second-order valence-electron chi connectivity index (χ2n) is 8.45. The lowest BCUT2D eigenvalue weighted by Crippen LogP contribution is -2.42. The molecular weight excluding hydrogens is 464 g/mol. The zero-order valence-corrected chi connectivity index (χ0v) is 19.8. The number of nitrogens with one attached hydrogen (secondary N) is 1. The Morgan fingerprint density at radius 1 is 1.00 bits per heavy atom. The molecule has 2 aromatic carbocycles. The summed E-state index contributed by atoms with van der Waals surface area (Å²) in [6, 6.07) is 10.7. The fourth-order valence-electron chi connectivity index (χ4n) is 3.60. The van der Waals surface area contributed by atoms with E-state index in [9.17, 15) is 27.1 Å². The van der Waals surface area contributed by atoms with Crippen LogP contribution in [0.2, 0.25) is 0 Å². The van der Waals surface area contributed by atoms with E-state index in [0.717, 1.165) is 23.8 Å². The summed E-state index contributed by atoms with van der Waals surface area (Å²) >= 11 is 0. The third-order valence-electron chi connectivity index (χ3n) is 5.39. The summed E-state index contributed by atoms with van der Waals surface area (Å²) in [6.45, 7) is 0.160. The Balaban J connectivity index is 1.63. The summed E-state index contributed by atoms with van der Waals surface area (Å²) in [4.78, 5) is 12.2. The molecule has 0 aliphatic carbocycles. The molecule has 0 aliphatic heterocycles. The van der Waals surface area contributed by atoms with Crippen LogP contribution in [0.25, 0.3) is 0 Å². The number of rotatable bonds is 15. The van der Waals surface area contributed by atoms with Crippen molar-refractivity contribution in [3.63, 3.8) is 0 Å². The Labute approximate surface area is 199 Å². The van der Waals surface area contributed by atoms with Crippen molar-refractivity contribution in [2.75, 3.05) is 12.3 Å². The minimum atomic E-state index is -3.70. The van der Waals surface area contributed by atoms with Crippen LogP contribution in [0.5, 0.6) is 0 Å². The maximum atomic E-state index is 13.7. The highest BCUT2D eigenvalue weighted by Gasteiger charge is 2.22. The number of ketones is 1. The number of halogens is 2. The van der Waals surface area contributed by atoms with Gasteiger partial charge in [0.25, 0.3) is 0 Å². The first-order chi connectivity index (χ1) is 16.1. The molecule has 0 saturated carbocycles. The molecule has 3 unspecified atom stereocenters. The van der Waals surface area contributed by atoms with Crippen molar-refractivity contribution in [1.82, 2.24) is 4.72 Å². The number of benzene rings is 2. The first-order valence-electron chi connectivity index (χ1n) is 11.2. The molecule has 0 saturated heterocycles. The number of sulfonamides is 1. The minimum absolute atomic E-state index is 0.0260. The van der Waals surface area contributed by atoms with Crippen LogP contribution in [0.3, 0.4) is 0 Å². The summed E-state index contributed by atoms with van der Waals surface area (Å²) in [5.41, 5.74) is 12.7. The van der Waals surface area contributed by atoms with E-state index in [1.807, 2.05) is 30.3 Å². The smallest absolute Gasteiger partial charge is 0.213 e. The van der Waals surface area contributed by atoms with Gasteiger partial charge in [-0.1, -0.05) is 36.8 Å². The fourth-order valence-corrected chi connectivity index (χ4v) is 4.85. The second kappa shape index (κ2) is 13.6. The highest BCUT2D eigenvalue weighted by Crippen LogP contribution is 2.12. The highest BCUT2D eigenvalue weighted by atomic mass is 32.2. The zero-order valence-electron chi connectivity index (χ0n) is 19.0. The molecule has 6 N–H and O–H groups in total. The van der Waals surface area contributed by atoms with Gasteiger partial charge in [-0.3, -0.25) is 4.79 Å². The summed E-state index contributed by atoms with van der Waals surface area (Å²) in [5.74, 6) is -2.01. The molecule has 7 nitrogen and oxygen atoms in total. The lowest BCUT2D eigenvalue weighted by Gasteiger charge is -2.18. The van der Waals surface area contributed by atoms with Gasteiger partial charge in [0.2, 0.25) is 10.0 Å². The van der Waals surface area contributed by atoms with Crippen LogP contribution in [0.1, 0.15) is 36.8 Å². The average Bonchev–Trinajstić information content (AvgIpc) is 2.78. The average molecular weight is 498 g/mol. The molecule has 10 heteroatoms. The summed E-state index contributed by atoms with van der Waals surface area (Å²) in [7, 11) is -3.70. The first-order valence-corrected chi connectivity index (χ1v) is 12.9. The van der Waals surface area contributed by atoms with E-state index in [0.29, 0.717) is 25.7 Å². The van der Waals surface area contributed by atoms with E-state index in [1.165, 1.54) is 0 Å². The normalized spacial score (nSPS) is 14.5. The number of hydrogen-bond acceptors (Lipinski definition) is 6. The Hall–Kier alpha value is -2.24. The molecule has 188 valence electrons. The Bertz CT molecular complexity index is 1020. The van der Waals surface area contributed by atoms with Crippen molar-refractivity contribution in [1.29, 1.82) is 0 Å². The topological polar surface area (TPSA) is 136 Å². The first kappa shape index (κ1) is 28.0. The monoisotopic (exact) mass is 497 g/mol. The van der Waals surface area contributed by atoms with E-state index in [2.05, 4.69) is 4.72 Å². The second-order valence-corrected chi connectivity index (χ2v) is 10.3. The number of carbonyl (C=O) groups is 1. The summed E-state index contributed by atoms with van der Waals surface area (Å²) in [5, 5.41) is 10.2. The van der Waals surface area contributed by atoms with E-state index >= 15 is 0 Å². The molecule has 0 heterocycles. The van der Waals surface area contributed by atoms with Crippen LogP contribution in [-0.2, 0) is 27.7 Å². The van der Waals surface area contributed by atoms with Crippen LogP contribution in [0, 0.1) is 11.6 Å². The van der Waals surface area contributed by atoms with Gasteiger partial charge >= 0.3 is 0 Å². The standard InChI is InChI=1S/C24H33F2N3O4S/c25-19-10-11-21(26)18(14-19)15-20(27)16-34(32,33)29-12-6-2-5-9-23(30)24(31)22(28)13-17-7-3-1-4-8-17/h1,3-4,7-8,10-11,14,20,22,24,29,31H,2,5-6,9,12-13,15-16,27-28H2. The lowest BCUT2D eigenvalue weighted by molar-refractivity contribution is -0.128. The van der Waals surface area contributed by atoms with Gasteiger partial charge in [0.05, 0.1) is 5.75 Å². The predicted molar refractivity (Wildman–Crippen MR) is 127 cm³/mol.